The molecule has 1 aromatic carbocycles. The first-order valence-electron chi connectivity index (χ1n) is 8.78. The first kappa shape index (κ1) is 17.2. The van der Waals surface area contributed by atoms with Crippen molar-refractivity contribution in [3.63, 3.8) is 0 Å². The maximum atomic E-state index is 13.7. The smallest absolute Gasteiger partial charge is 0.191 e. The number of aliphatic imine (C=N–C) groups is 1. The van der Waals surface area contributed by atoms with Crippen LogP contribution in [0, 0.1) is 11.7 Å². The molecule has 24 heavy (non-hydrogen) atoms. The Morgan fingerprint density at radius 3 is 2.79 bits per heavy atom. The summed E-state index contributed by atoms with van der Waals surface area (Å²) in [4.78, 5) is 6.64. The highest BCUT2D eigenvalue weighted by molar-refractivity contribution is 5.79. The van der Waals surface area contributed by atoms with Gasteiger partial charge in [-0.1, -0.05) is 12.1 Å². The largest absolute Gasteiger partial charge is 0.379 e. The van der Waals surface area contributed by atoms with Crippen LogP contribution in [0.5, 0.6) is 0 Å². The van der Waals surface area contributed by atoms with Crippen molar-refractivity contribution < 1.29 is 9.13 Å². The molecule has 1 aliphatic carbocycles. The van der Waals surface area contributed by atoms with Crippen LogP contribution in [-0.4, -0.2) is 57.3 Å². The van der Waals surface area contributed by atoms with Crippen LogP contribution >= 0.6 is 0 Å². The fourth-order valence-electron chi connectivity index (χ4n) is 3.04. The summed E-state index contributed by atoms with van der Waals surface area (Å²) >= 11 is 0. The lowest BCUT2D eigenvalue weighted by molar-refractivity contribution is 0.0169. The fraction of sp³-hybridized carbons (Fsp3) is 0.611. The summed E-state index contributed by atoms with van der Waals surface area (Å²) in [6.07, 6.45) is 2.62. The van der Waals surface area contributed by atoms with E-state index >= 15 is 0 Å². The van der Waals surface area contributed by atoms with Crippen LogP contribution in [0.4, 0.5) is 4.39 Å². The summed E-state index contributed by atoms with van der Waals surface area (Å²) in [5, 5.41) is 6.78. The second-order valence-corrected chi connectivity index (χ2v) is 6.50. The van der Waals surface area contributed by atoms with Gasteiger partial charge in [0.15, 0.2) is 5.96 Å². The maximum Gasteiger partial charge on any atom is 0.191 e. The van der Waals surface area contributed by atoms with Gasteiger partial charge < -0.3 is 15.4 Å². The van der Waals surface area contributed by atoms with Crippen LogP contribution in [0.1, 0.15) is 24.4 Å². The highest BCUT2D eigenvalue weighted by Crippen LogP contribution is 2.27. The van der Waals surface area contributed by atoms with Crippen molar-refractivity contribution in [1.82, 2.24) is 15.5 Å². The zero-order valence-corrected chi connectivity index (χ0v) is 14.3. The standard InChI is InChI=1S/C18H27FN4O/c1-20-18(21-12-14-5-6-14)22-13-17(23-7-9-24-10-8-23)15-3-2-4-16(19)11-15/h2-4,11,14,17H,5-10,12-13H2,1H3,(H2,20,21,22). The molecule has 2 N–H and O–H groups in total. The number of morpholine rings is 1. The van der Waals surface area contributed by atoms with Crippen LogP contribution in [0.15, 0.2) is 29.3 Å². The SMILES string of the molecule is CN=C(NCC1CC1)NCC(c1cccc(F)c1)N1CCOCC1. The number of guanidine groups is 1. The van der Waals surface area contributed by atoms with E-state index in [1.807, 2.05) is 6.07 Å². The van der Waals surface area contributed by atoms with Crippen molar-refractivity contribution in [2.75, 3.05) is 46.4 Å². The Labute approximate surface area is 143 Å². The molecule has 2 aliphatic rings. The molecular weight excluding hydrogens is 307 g/mol. The lowest BCUT2D eigenvalue weighted by Gasteiger charge is -2.35. The van der Waals surface area contributed by atoms with Crippen LogP contribution in [0.25, 0.3) is 0 Å². The van der Waals surface area contributed by atoms with Crippen molar-refractivity contribution in [3.05, 3.63) is 35.6 Å². The molecule has 0 radical (unpaired) electrons. The number of halogens is 1. The Hall–Kier alpha value is -1.66. The quantitative estimate of drug-likeness (QED) is 0.615. The molecule has 0 amide bonds. The summed E-state index contributed by atoms with van der Waals surface area (Å²) in [7, 11) is 1.79. The zero-order chi connectivity index (χ0) is 16.8. The van der Waals surface area contributed by atoms with E-state index in [1.54, 1.807) is 19.2 Å². The van der Waals surface area contributed by atoms with Crippen molar-refractivity contribution in [1.29, 1.82) is 0 Å². The molecule has 1 saturated carbocycles. The van der Waals surface area contributed by atoms with Gasteiger partial charge in [0.25, 0.3) is 0 Å². The van der Waals surface area contributed by atoms with E-state index in [1.165, 1.54) is 18.9 Å². The third kappa shape index (κ3) is 4.92. The van der Waals surface area contributed by atoms with E-state index in [4.69, 9.17) is 4.74 Å². The number of hydrogen-bond acceptors (Lipinski definition) is 3. The van der Waals surface area contributed by atoms with Gasteiger partial charge in [0.2, 0.25) is 0 Å². The molecule has 1 saturated heterocycles. The Bertz CT molecular complexity index is 556. The average molecular weight is 334 g/mol. The first-order chi connectivity index (χ1) is 11.8. The summed E-state index contributed by atoms with van der Waals surface area (Å²) in [5.41, 5.74) is 0.988. The van der Waals surface area contributed by atoms with Crippen LogP contribution in [-0.2, 0) is 4.74 Å². The number of rotatable bonds is 6. The van der Waals surface area contributed by atoms with Gasteiger partial charge in [-0.25, -0.2) is 4.39 Å². The van der Waals surface area contributed by atoms with Crippen molar-refractivity contribution in [2.24, 2.45) is 10.9 Å². The summed E-state index contributed by atoms with van der Waals surface area (Å²) < 4.78 is 19.1. The highest BCUT2D eigenvalue weighted by Gasteiger charge is 2.24. The second kappa shape index (κ2) is 8.44. The van der Waals surface area contributed by atoms with E-state index in [0.717, 1.165) is 50.3 Å². The molecule has 1 unspecified atom stereocenters. The summed E-state index contributed by atoms with van der Waals surface area (Å²) in [6, 6.07) is 6.99. The average Bonchev–Trinajstić information content (AvgIpc) is 3.43. The zero-order valence-electron chi connectivity index (χ0n) is 14.3. The lowest BCUT2D eigenvalue weighted by Crippen LogP contribution is -2.46. The van der Waals surface area contributed by atoms with E-state index in [2.05, 4.69) is 20.5 Å². The number of nitrogens with zero attached hydrogens (tertiary/aromatic N) is 2. The Kier molecular flexibility index (Phi) is 6.04. The predicted molar refractivity (Wildman–Crippen MR) is 93.6 cm³/mol. The fourth-order valence-corrected chi connectivity index (χ4v) is 3.04. The van der Waals surface area contributed by atoms with Gasteiger partial charge in [0.05, 0.1) is 19.3 Å². The Balaban J connectivity index is 1.64. The van der Waals surface area contributed by atoms with Gasteiger partial charge in [-0.3, -0.25) is 9.89 Å². The topological polar surface area (TPSA) is 48.9 Å². The molecule has 2 fully saturated rings. The van der Waals surface area contributed by atoms with Gasteiger partial charge >= 0.3 is 0 Å². The van der Waals surface area contributed by atoms with E-state index < -0.39 is 0 Å². The molecule has 132 valence electrons. The molecule has 6 heteroatoms. The third-order valence-electron chi connectivity index (χ3n) is 4.66. The minimum Gasteiger partial charge on any atom is -0.379 e. The lowest BCUT2D eigenvalue weighted by atomic mass is 10.0. The van der Waals surface area contributed by atoms with Gasteiger partial charge in [-0.05, 0) is 36.5 Å². The molecule has 0 spiro atoms. The number of hydrogen-bond donors (Lipinski definition) is 2. The summed E-state index contributed by atoms with van der Waals surface area (Å²) in [5.74, 6) is 1.42. The molecule has 1 aliphatic heterocycles. The third-order valence-corrected chi connectivity index (χ3v) is 4.66. The maximum absolute atomic E-state index is 13.7. The predicted octanol–water partition coefficient (Wildman–Crippen LogP) is 1.77. The molecule has 0 bridgehead atoms. The van der Waals surface area contributed by atoms with Crippen LogP contribution < -0.4 is 10.6 Å². The highest BCUT2D eigenvalue weighted by atomic mass is 19.1. The first-order valence-corrected chi connectivity index (χ1v) is 8.78. The molecule has 1 atom stereocenters. The molecule has 3 rings (SSSR count). The van der Waals surface area contributed by atoms with Gasteiger partial charge in [0.1, 0.15) is 5.82 Å². The van der Waals surface area contributed by atoms with Crippen LogP contribution in [0.2, 0.25) is 0 Å². The molecule has 0 aromatic heterocycles. The van der Waals surface area contributed by atoms with E-state index in [-0.39, 0.29) is 11.9 Å². The Morgan fingerprint density at radius 1 is 1.33 bits per heavy atom. The molecule has 1 aromatic rings. The van der Waals surface area contributed by atoms with Crippen LogP contribution in [0.3, 0.4) is 0 Å². The van der Waals surface area contributed by atoms with Crippen molar-refractivity contribution in [2.45, 2.75) is 18.9 Å². The molecule has 5 nitrogen and oxygen atoms in total. The van der Waals surface area contributed by atoms with E-state index in [0.29, 0.717) is 6.54 Å². The van der Waals surface area contributed by atoms with Crippen molar-refractivity contribution >= 4 is 5.96 Å². The van der Waals surface area contributed by atoms with Gasteiger partial charge in [0, 0.05) is 33.2 Å². The monoisotopic (exact) mass is 334 g/mol. The summed E-state index contributed by atoms with van der Waals surface area (Å²) in [6.45, 7) is 4.82. The van der Waals surface area contributed by atoms with Crippen molar-refractivity contribution in [3.8, 4) is 0 Å². The number of benzene rings is 1. The molecular formula is C18H27FN4O. The van der Waals surface area contributed by atoms with Gasteiger partial charge in [-0.2, -0.15) is 0 Å². The number of nitrogens with one attached hydrogen (secondary N) is 2. The second-order valence-electron chi connectivity index (χ2n) is 6.50. The minimum absolute atomic E-state index is 0.101. The normalized spacial score (nSPS) is 20.7. The Morgan fingerprint density at radius 2 is 2.12 bits per heavy atom. The minimum atomic E-state index is -0.193. The van der Waals surface area contributed by atoms with E-state index in [9.17, 15) is 4.39 Å². The number of ether oxygens (including phenoxy) is 1. The molecule has 1 heterocycles. The van der Waals surface area contributed by atoms with Gasteiger partial charge in [-0.15, -0.1) is 0 Å².